The van der Waals surface area contributed by atoms with Crippen molar-refractivity contribution in [2.45, 2.75) is 77.9 Å². The van der Waals surface area contributed by atoms with Crippen molar-refractivity contribution in [1.29, 1.82) is 0 Å². The van der Waals surface area contributed by atoms with Gasteiger partial charge in [-0.1, -0.05) is 27.7 Å². The molecule has 0 spiro atoms. The molecule has 1 amide bonds. The molecule has 0 N–H and O–H groups in total. The summed E-state index contributed by atoms with van der Waals surface area (Å²) in [6.45, 7) is 18.1. The van der Waals surface area contributed by atoms with E-state index in [0.717, 1.165) is 0 Å². The van der Waals surface area contributed by atoms with Crippen LogP contribution in [0, 0.1) is 0 Å². The lowest BCUT2D eigenvalue weighted by molar-refractivity contribution is -0.146. The lowest BCUT2D eigenvalue weighted by Gasteiger charge is -2.39. The van der Waals surface area contributed by atoms with Crippen molar-refractivity contribution in [2.24, 2.45) is 0 Å². The van der Waals surface area contributed by atoms with E-state index in [1.54, 1.807) is 0 Å². The van der Waals surface area contributed by atoms with Gasteiger partial charge < -0.3 is 14.1 Å². The standard InChI is InChI=1S/C15H31NO3Si/c1-9-13(17)16-12(10-18-15(16,5)6)11-19-20(7,8)14(2,3)4/h12H,9-11H2,1-8H3. The number of rotatable bonds is 4. The molecule has 1 rings (SSSR count). The molecule has 0 aromatic rings. The van der Waals surface area contributed by atoms with Gasteiger partial charge in [0.05, 0.1) is 19.3 Å². The molecule has 0 bridgehead atoms. The van der Waals surface area contributed by atoms with Crippen LogP contribution in [-0.4, -0.2) is 44.1 Å². The molecule has 1 atom stereocenters. The Morgan fingerprint density at radius 3 is 2.40 bits per heavy atom. The lowest BCUT2D eigenvalue weighted by Crippen LogP contribution is -2.51. The maximum absolute atomic E-state index is 12.2. The van der Waals surface area contributed by atoms with Gasteiger partial charge in [0.15, 0.2) is 8.32 Å². The second kappa shape index (κ2) is 5.77. The summed E-state index contributed by atoms with van der Waals surface area (Å²) in [5.41, 5.74) is -0.519. The summed E-state index contributed by atoms with van der Waals surface area (Å²) in [5, 5.41) is 0.182. The minimum Gasteiger partial charge on any atom is -0.415 e. The molecular weight excluding hydrogens is 270 g/mol. The van der Waals surface area contributed by atoms with E-state index in [4.69, 9.17) is 9.16 Å². The van der Waals surface area contributed by atoms with Crippen molar-refractivity contribution in [1.82, 2.24) is 4.90 Å². The summed E-state index contributed by atoms with van der Waals surface area (Å²) in [7, 11) is -1.79. The molecule has 1 unspecified atom stereocenters. The molecule has 0 aliphatic carbocycles. The summed E-state index contributed by atoms with van der Waals surface area (Å²) >= 11 is 0. The molecule has 5 heteroatoms. The summed E-state index contributed by atoms with van der Waals surface area (Å²) in [6.07, 6.45) is 0.503. The molecule has 20 heavy (non-hydrogen) atoms. The normalized spacial score (nSPS) is 23.2. The van der Waals surface area contributed by atoms with Crippen molar-refractivity contribution in [3.8, 4) is 0 Å². The fourth-order valence-electron chi connectivity index (χ4n) is 2.20. The Labute approximate surface area is 124 Å². The molecule has 118 valence electrons. The number of amides is 1. The minimum atomic E-state index is -1.79. The average Bonchev–Trinajstić information content (AvgIpc) is 2.59. The quantitative estimate of drug-likeness (QED) is 0.747. The average molecular weight is 302 g/mol. The first-order chi connectivity index (χ1) is 8.92. The molecule has 4 nitrogen and oxygen atoms in total. The molecule has 1 heterocycles. The van der Waals surface area contributed by atoms with Gasteiger partial charge in [0, 0.05) is 6.42 Å². The van der Waals surface area contributed by atoms with Gasteiger partial charge in [-0.05, 0) is 32.0 Å². The maximum atomic E-state index is 12.2. The van der Waals surface area contributed by atoms with Crippen LogP contribution in [0.4, 0.5) is 0 Å². The van der Waals surface area contributed by atoms with Crippen LogP contribution in [0.3, 0.4) is 0 Å². The first kappa shape index (κ1) is 17.7. The van der Waals surface area contributed by atoms with Crippen LogP contribution in [0.2, 0.25) is 18.1 Å². The van der Waals surface area contributed by atoms with Gasteiger partial charge in [0.1, 0.15) is 5.72 Å². The molecule has 1 aliphatic heterocycles. The fraction of sp³-hybridized carbons (Fsp3) is 0.933. The first-order valence-electron chi connectivity index (χ1n) is 7.52. The van der Waals surface area contributed by atoms with Crippen LogP contribution < -0.4 is 0 Å². The van der Waals surface area contributed by atoms with Gasteiger partial charge in [-0.25, -0.2) is 0 Å². The number of hydrogen-bond donors (Lipinski definition) is 0. The van der Waals surface area contributed by atoms with Gasteiger partial charge in [0.2, 0.25) is 5.91 Å². The van der Waals surface area contributed by atoms with Crippen LogP contribution >= 0.6 is 0 Å². The molecule has 1 aliphatic rings. The monoisotopic (exact) mass is 301 g/mol. The van der Waals surface area contributed by atoms with E-state index in [1.165, 1.54) is 0 Å². The van der Waals surface area contributed by atoms with E-state index in [2.05, 4.69) is 33.9 Å². The zero-order valence-electron chi connectivity index (χ0n) is 14.4. The summed E-state index contributed by atoms with van der Waals surface area (Å²) in [6, 6.07) is 0.0339. The molecule has 0 aromatic heterocycles. The number of ether oxygens (including phenoxy) is 1. The number of carbonyl (C=O) groups excluding carboxylic acids is 1. The van der Waals surface area contributed by atoms with E-state index in [-0.39, 0.29) is 17.0 Å². The summed E-state index contributed by atoms with van der Waals surface area (Å²) in [5.74, 6) is 0.135. The highest BCUT2D eigenvalue weighted by Gasteiger charge is 2.45. The van der Waals surface area contributed by atoms with Crippen LogP contribution in [0.25, 0.3) is 0 Å². The van der Waals surface area contributed by atoms with Crippen LogP contribution in [0.5, 0.6) is 0 Å². The van der Waals surface area contributed by atoms with Gasteiger partial charge in [0.25, 0.3) is 0 Å². The van der Waals surface area contributed by atoms with Crippen molar-refractivity contribution in [3.05, 3.63) is 0 Å². The zero-order valence-corrected chi connectivity index (χ0v) is 15.4. The first-order valence-corrected chi connectivity index (χ1v) is 10.4. The number of nitrogens with zero attached hydrogens (tertiary/aromatic N) is 1. The molecule has 1 saturated heterocycles. The third-order valence-corrected chi connectivity index (χ3v) is 9.09. The number of carbonyl (C=O) groups is 1. The second-order valence-electron chi connectivity index (χ2n) is 7.60. The molecule has 0 aromatic carbocycles. The van der Waals surface area contributed by atoms with Gasteiger partial charge in [-0.15, -0.1) is 0 Å². The highest BCUT2D eigenvalue weighted by atomic mass is 28.4. The smallest absolute Gasteiger partial charge is 0.224 e. The third-order valence-electron chi connectivity index (χ3n) is 4.59. The summed E-state index contributed by atoms with van der Waals surface area (Å²) < 4.78 is 12.0. The van der Waals surface area contributed by atoms with E-state index in [0.29, 0.717) is 19.6 Å². The Balaban J connectivity index is 2.75. The molecule has 1 fully saturated rings. The second-order valence-corrected chi connectivity index (χ2v) is 12.4. The van der Waals surface area contributed by atoms with Gasteiger partial charge in [-0.2, -0.15) is 0 Å². The highest BCUT2D eigenvalue weighted by Crippen LogP contribution is 2.37. The van der Waals surface area contributed by atoms with Gasteiger partial charge in [-0.3, -0.25) is 4.79 Å². The fourth-order valence-corrected chi connectivity index (χ4v) is 3.24. The van der Waals surface area contributed by atoms with Crippen molar-refractivity contribution in [3.63, 3.8) is 0 Å². The Hall–Kier alpha value is -0.393. The number of hydrogen-bond acceptors (Lipinski definition) is 3. The topological polar surface area (TPSA) is 38.8 Å². The Bertz CT molecular complexity index is 361. The summed E-state index contributed by atoms with van der Waals surface area (Å²) in [4.78, 5) is 14.0. The Morgan fingerprint density at radius 1 is 1.40 bits per heavy atom. The van der Waals surface area contributed by atoms with Crippen LogP contribution in [-0.2, 0) is 14.0 Å². The minimum absolute atomic E-state index is 0.0339. The van der Waals surface area contributed by atoms with E-state index >= 15 is 0 Å². The Morgan fingerprint density at radius 2 is 1.95 bits per heavy atom. The van der Waals surface area contributed by atoms with E-state index in [1.807, 2.05) is 25.7 Å². The third kappa shape index (κ3) is 3.62. The zero-order chi connectivity index (χ0) is 15.8. The molecule has 0 saturated carbocycles. The largest absolute Gasteiger partial charge is 0.415 e. The maximum Gasteiger partial charge on any atom is 0.224 e. The van der Waals surface area contributed by atoms with Crippen molar-refractivity contribution in [2.75, 3.05) is 13.2 Å². The predicted octanol–water partition coefficient (Wildman–Crippen LogP) is 3.38. The SMILES string of the molecule is CCC(=O)N1C(CO[Si](C)(C)C(C)(C)C)COC1(C)C. The van der Waals surface area contributed by atoms with Crippen molar-refractivity contribution < 1.29 is 14.0 Å². The van der Waals surface area contributed by atoms with Crippen LogP contribution in [0.1, 0.15) is 48.0 Å². The predicted molar refractivity (Wildman–Crippen MR) is 84.1 cm³/mol. The molecular formula is C15H31NO3Si. The van der Waals surface area contributed by atoms with Gasteiger partial charge >= 0.3 is 0 Å². The van der Waals surface area contributed by atoms with Crippen LogP contribution in [0.15, 0.2) is 0 Å². The lowest BCUT2D eigenvalue weighted by atomic mass is 10.2. The highest BCUT2D eigenvalue weighted by molar-refractivity contribution is 6.74. The molecule has 0 radical (unpaired) electrons. The van der Waals surface area contributed by atoms with E-state index in [9.17, 15) is 4.79 Å². The Kier molecular flexibility index (Phi) is 5.10. The van der Waals surface area contributed by atoms with Crippen molar-refractivity contribution >= 4 is 14.2 Å². The van der Waals surface area contributed by atoms with E-state index < -0.39 is 14.0 Å².